The smallest absolute Gasteiger partial charge is 0.352 e. The summed E-state index contributed by atoms with van der Waals surface area (Å²) in [5.74, 6) is -0.583. The van der Waals surface area contributed by atoms with Crippen LogP contribution in [0.25, 0.3) is 22.2 Å². The first-order valence-corrected chi connectivity index (χ1v) is 9.86. The third-order valence-electron chi connectivity index (χ3n) is 4.89. The average molecular weight is 444 g/mol. The summed E-state index contributed by atoms with van der Waals surface area (Å²) >= 11 is 5.60. The summed E-state index contributed by atoms with van der Waals surface area (Å²) in [7, 11) is 0. The number of hydrogen-bond acceptors (Lipinski definition) is 2. The predicted octanol–water partition coefficient (Wildman–Crippen LogP) is 5.87. The lowest BCUT2D eigenvalue weighted by Gasteiger charge is -2.11. The van der Waals surface area contributed by atoms with Gasteiger partial charge in [0.1, 0.15) is 5.65 Å². The number of H-pyrrole nitrogens is 1. The van der Waals surface area contributed by atoms with Crippen molar-refractivity contribution < 1.29 is 18.0 Å². The van der Waals surface area contributed by atoms with E-state index in [-0.39, 0.29) is 12.1 Å². The minimum Gasteiger partial charge on any atom is -0.352 e. The largest absolute Gasteiger partial charge is 0.417 e. The van der Waals surface area contributed by atoms with Crippen molar-refractivity contribution >= 4 is 28.5 Å². The van der Waals surface area contributed by atoms with E-state index in [2.05, 4.69) is 15.3 Å². The monoisotopic (exact) mass is 443 g/mol. The number of pyridine rings is 1. The van der Waals surface area contributed by atoms with E-state index in [1.807, 2.05) is 42.6 Å². The zero-order chi connectivity index (χ0) is 22.0. The highest BCUT2D eigenvalue weighted by Gasteiger charge is 2.33. The SMILES string of the molecule is O=C(NCCc1cccc(-c2cnc3[nH]ccc3c2)c1)c1ccc(Cl)c(C(F)(F)F)c1. The maximum absolute atomic E-state index is 13.0. The molecule has 2 N–H and O–H groups in total. The van der Waals surface area contributed by atoms with Crippen molar-refractivity contribution in [1.82, 2.24) is 15.3 Å². The van der Waals surface area contributed by atoms with Crippen LogP contribution in [0.2, 0.25) is 5.02 Å². The number of hydrogen-bond donors (Lipinski definition) is 2. The topological polar surface area (TPSA) is 57.8 Å². The lowest BCUT2D eigenvalue weighted by molar-refractivity contribution is -0.137. The van der Waals surface area contributed by atoms with E-state index in [4.69, 9.17) is 11.6 Å². The second-order valence-electron chi connectivity index (χ2n) is 7.04. The second kappa shape index (κ2) is 8.43. The Morgan fingerprint density at radius 2 is 1.90 bits per heavy atom. The number of aromatic amines is 1. The minimum atomic E-state index is -4.62. The van der Waals surface area contributed by atoms with Crippen LogP contribution >= 0.6 is 11.6 Å². The van der Waals surface area contributed by atoms with E-state index in [1.54, 1.807) is 6.20 Å². The standard InChI is InChI=1S/C23H17ClF3N3O/c24-20-5-4-17(12-19(20)23(25,26)27)22(31)29-8-6-14-2-1-3-15(10-14)18-11-16-7-9-28-21(16)30-13-18/h1-5,7,9-13H,6,8H2,(H,28,30)(H,29,31). The Morgan fingerprint density at radius 1 is 1.06 bits per heavy atom. The molecule has 2 aromatic carbocycles. The van der Waals surface area contributed by atoms with Crippen LogP contribution in [0.4, 0.5) is 13.2 Å². The molecular weight excluding hydrogens is 427 g/mol. The molecule has 4 rings (SSSR count). The summed E-state index contributed by atoms with van der Waals surface area (Å²) in [6.45, 7) is 0.279. The number of carbonyl (C=O) groups is 1. The minimum absolute atomic E-state index is 0.0867. The fourth-order valence-electron chi connectivity index (χ4n) is 3.31. The first-order valence-electron chi connectivity index (χ1n) is 9.49. The fraction of sp³-hybridized carbons (Fsp3) is 0.130. The Balaban J connectivity index is 1.42. The Morgan fingerprint density at radius 3 is 2.71 bits per heavy atom. The van der Waals surface area contributed by atoms with Gasteiger partial charge in [0.05, 0.1) is 10.6 Å². The zero-order valence-electron chi connectivity index (χ0n) is 16.1. The maximum Gasteiger partial charge on any atom is 0.417 e. The van der Waals surface area contributed by atoms with Crippen LogP contribution in [0, 0.1) is 0 Å². The van der Waals surface area contributed by atoms with Gasteiger partial charge in [-0.3, -0.25) is 4.79 Å². The van der Waals surface area contributed by atoms with Crippen LogP contribution in [-0.2, 0) is 12.6 Å². The van der Waals surface area contributed by atoms with Gasteiger partial charge >= 0.3 is 6.18 Å². The van der Waals surface area contributed by atoms with E-state index in [9.17, 15) is 18.0 Å². The molecule has 0 unspecified atom stereocenters. The number of amides is 1. The Labute approximate surface area is 181 Å². The number of aromatic nitrogens is 2. The number of fused-ring (bicyclic) bond motifs is 1. The normalized spacial score (nSPS) is 11.6. The van der Waals surface area contributed by atoms with Crippen molar-refractivity contribution in [3.63, 3.8) is 0 Å². The summed E-state index contributed by atoms with van der Waals surface area (Å²) in [6.07, 6.45) is -0.470. The zero-order valence-corrected chi connectivity index (χ0v) is 16.9. The molecule has 1 amide bonds. The van der Waals surface area contributed by atoms with Gasteiger partial charge in [0.25, 0.3) is 5.91 Å². The molecular formula is C23H17ClF3N3O. The first-order chi connectivity index (χ1) is 14.8. The molecule has 0 radical (unpaired) electrons. The first kappa shape index (κ1) is 20.9. The number of halogens is 4. The van der Waals surface area contributed by atoms with Gasteiger partial charge in [-0.15, -0.1) is 0 Å². The summed E-state index contributed by atoms with van der Waals surface area (Å²) < 4.78 is 39.0. The molecule has 0 saturated carbocycles. The maximum atomic E-state index is 13.0. The molecule has 4 aromatic rings. The van der Waals surface area contributed by atoms with Crippen molar-refractivity contribution in [3.8, 4) is 11.1 Å². The molecule has 0 atom stereocenters. The van der Waals surface area contributed by atoms with Gasteiger partial charge in [-0.1, -0.05) is 35.9 Å². The Bertz CT molecular complexity index is 1250. The molecule has 0 fully saturated rings. The molecule has 2 aromatic heterocycles. The van der Waals surface area contributed by atoms with Crippen LogP contribution in [0.5, 0.6) is 0 Å². The van der Waals surface area contributed by atoms with Gasteiger partial charge in [-0.05, 0) is 47.9 Å². The third kappa shape index (κ3) is 4.72. The van der Waals surface area contributed by atoms with E-state index < -0.39 is 22.7 Å². The summed E-state index contributed by atoms with van der Waals surface area (Å²) in [5, 5.41) is 3.23. The molecule has 31 heavy (non-hydrogen) atoms. The lowest BCUT2D eigenvalue weighted by Crippen LogP contribution is -2.26. The van der Waals surface area contributed by atoms with Crippen LogP contribution in [0.15, 0.2) is 67.0 Å². The van der Waals surface area contributed by atoms with Crippen LogP contribution in [0.1, 0.15) is 21.5 Å². The van der Waals surface area contributed by atoms with Crippen molar-refractivity contribution in [2.45, 2.75) is 12.6 Å². The van der Waals surface area contributed by atoms with Gasteiger partial charge < -0.3 is 10.3 Å². The van der Waals surface area contributed by atoms with Crippen LogP contribution in [0.3, 0.4) is 0 Å². The molecule has 2 heterocycles. The van der Waals surface area contributed by atoms with Crippen LogP contribution in [-0.4, -0.2) is 22.4 Å². The second-order valence-corrected chi connectivity index (χ2v) is 7.45. The average Bonchev–Trinajstić information content (AvgIpc) is 3.21. The number of carbonyl (C=O) groups excluding carboxylic acids is 1. The highest BCUT2D eigenvalue weighted by molar-refractivity contribution is 6.31. The summed E-state index contributed by atoms with van der Waals surface area (Å²) in [5.41, 5.74) is 2.65. The van der Waals surface area contributed by atoms with E-state index in [1.165, 1.54) is 6.07 Å². The Kier molecular flexibility index (Phi) is 5.69. The summed E-state index contributed by atoms with van der Waals surface area (Å²) in [4.78, 5) is 19.7. The number of benzene rings is 2. The van der Waals surface area contributed by atoms with Gasteiger partial charge in [0.15, 0.2) is 0 Å². The molecule has 0 saturated heterocycles. The number of nitrogens with zero attached hydrogens (tertiary/aromatic N) is 1. The molecule has 0 aliphatic rings. The van der Waals surface area contributed by atoms with E-state index >= 15 is 0 Å². The Hall–Kier alpha value is -3.32. The molecule has 158 valence electrons. The fourth-order valence-corrected chi connectivity index (χ4v) is 3.53. The quantitative estimate of drug-likeness (QED) is 0.405. The molecule has 0 spiro atoms. The summed E-state index contributed by atoms with van der Waals surface area (Å²) in [6, 6.07) is 14.9. The van der Waals surface area contributed by atoms with Gasteiger partial charge in [0.2, 0.25) is 0 Å². The third-order valence-corrected chi connectivity index (χ3v) is 5.22. The molecule has 0 aliphatic carbocycles. The van der Waals surface area contributed by atoms with E-state index in [0.29, 0.717) is 6.42 Å². The highest BCUT2D eigenvalue weighted by atomic mass is 35.5. The lowest BCUT2D eigenvalue weighted by atomic mass is 10.0. The number of rotatable bonds is 5. The van der Waals surface area contributed by atoms with Crippen molar-refractivity contribution in [1.29, 1.82) is 0 Å². The van der Waals surface area contributed by atoms with Gasteiger partial charge in [0, 0.05) is 35.5 Å². The molecule has 0 aliphatic heterocycles. The van der Waals surface area contributed by atoms with E-state index in [0.717, 1.165) is 39.9 Å². The van der Waals surface area contributed by atoms with Gasteiger partial charge in [-0.25, -0.2) is 4.98 Å². The van der Waals surface area contributed by atoms with Crippen molar-refractivity contribution in [2.24, 2.45) is 0 Å². The molecule has 8 heteroatoms. The van der Waals surface area contributed by atoms with Crippen molar-refractivity contribution in [2.75, 3.05) is 6.54 Å². The molecule has 0 bridgehead atoms. The van der Waals surface area contributed by atoms with Crippen molar-refractivity contribution in [3.05, 3.63) is 88.7 Å². The van der Waals surface area contributed by atoms with Crippen LogP contribution < -0.4 is 5.32 Å². The molecule has 4 nitrogen and oxygen atoms in total. The highest BCUT2D eigenvalue weighted by Crippen LogP contribution is 2.35. The number of alkyl halides is 3. The van der Waals surface area contributed by atoms with Gasteiger partial charge in [-0.2, -0.15) is 13.2 Å². The predicted molar refractivity (Wildman–Crippen MR) is 114 cm³/mol. The number of nitrogens with one attached hydrogen (secondary N) is 2.